The van der Waals surface area contributed by atoms with E-state index in [-0.39, 0.29) is 12.6 Å². The molecule has 0 unspecified atom stereocenters. The molecule has 0 saturated heterocycles. The molecule has 0 radical (unpaired) electrons. The van der Waals surface area contributed by atoms with E-state index in [1.54, 1.807) is 18.9 Å². The van der Waals surface area contributed by atoms with E-state index in [1.165, 1.54) is 21.6 Å². The number of thioether (sulfide) groups is 1. The molecule has 1 heterocycles. The molecule has 5 heteroatoms. The molecule has 0 saturated carbocycles. The molecule has 1 N–H and O–H groups in total. The Morgan fingerprint density at radius 1 is 1.23 bits per heavy atom. The summed E-state index contributed by atoms with van der Waals surface area (Å²) >= 11 is 1.75. The maximum Gasteiger partial charge on any atom is 0.119 e. The number of aliphatic hydroxyl groups excluding tert-OH is 1. The fourth-order valence-electron chi connectivity index (χ4n) is 4.14. The van der Waals surface area contributed by atoms with Crippen molar-refractivity contribution in [3.63, 3.8) is 0 Å². The van der Waals surface area contributed by atoms with Crippen molar-refractivity contribution in [2.45, 2.75) is 23.8 Å². The van der Waals surface area contributed by atoms with Gasteiger partial charge in [-0.25, -0.2) is 0 Å². The number of nitrogens with zero attached hydrogens (tertiary/aromatic N) is 2. The van der Waals surface area contributed by atoms with E-state index in [0.717, 1.165) is 24.3 Å². The number of hydrogen-bond donors (Lipinski definition) is 1. The van der Waals surface area contributed by atoms with Crippen molar-refractivity contribution < 1.29 is 9.84 Å². The highest BCUT2D eigenvalue weighted by molar-refractivity contribution is 7.98. The van der Waals surface area contributed by atoms with E-state index < -0.39 is 0 Å². The Morgan fingerprint density at radius 3 is 2.73 bits per heavy atom. The Labute approximate surface area is 158 Å². The van der Waals surface area contributed by atoms with Gasteiger partial charge < -0.3 is 9.84 Å². The fraction of sp³-hybridized carbons (Fsp3) is 0.381. The summed E-state index contributed by atoms with van der Waals surface area (Å²) < 4.78 is 5.38. The second-order valence-corrected chi connectivity index (χ2v) is 7.64. The predicted molar refractivity (Wildman–Crippen MR) is 106 cm³/mol. The minimum absolute atomic E-state index is 0.109. The second kappa shape index (κ2) is 7.33. The quantitative estimate of drug-likeness (QED) is 0.817. The van der Waals surface area contributed by atoms with Gasteiger partial charge in [-0.15, -0.1) is 11.8 Å². The van der Waals surface area contributed by atoms with E-state index in [0.29, 0.717) is 12.5 Å². The average molecular weight is 369 g/mol. The van der Waals surface area contributed by atoms with Gasteiger partial charge in [0.25, 0.3) is 0 Å². The van der Waals surface area contributed by atoms with E-state index in [4.69, 9.17) is 9.84 Å². The Morgan fingerprint density at radius 2 is 2.04 bits per heavy atom. The summed E-state index contributed by atoms with van der Waals surface area (Å²) in [5, 5.41) is 16.6. The summed E-state index contributed by atoms with van der Waals surface area (Å²) in [6, 6.07) is 15.3. The second-order valence-electron chi connectivity index (χ2n) is 6.76. The van der Waals surface area contributed by atoms with Crippen LogP contribution in [0.4, 0.5) is 0 Å². The number of rotatable bonds is 5. The molecule has 2 aromatic carbocycles. The molecular formula is C21H24N2O2S. The third-order valence-corrected chi connectivity index (χ3v) is 6.13. The summed E-state index contributed by atoms with van der Waals surface area (Å²) in [6.07, 6.45) is 4.19. The molecule has 0 spiro atoms. The fourth-order valence-corrected chi connectivity index (χ4v) is 4.55. The minimum atomic E-state index is 0.109. The van der Waals surface area contributed by atoms with Crippen LogP contribution in [-0.4, -0.2) is 42.3 Å². The molecule has 1 aliphatic carbocycles. The van der Waals surface area contributed by atoms with Gasteiger partial charge in [0, 0.05) is 16.4 Å². The highest BCUT2D eigenvalue weighted by atomic mass is 32.2. The number of benzene rings is 2. The molecule has 2 aromatic rings. The van der Waals surface area contributed by atoms with Gasteiger partial charge in [-0.3, -0.25) is 5.01 Å². The van der Waals surface area contributed by atoms with Gasteiger partial charge in [-0.05, 0) is 60.6 Å². The van der Waals surface area contributed by atoms with Crippen LogP contribution in [0.2, 0.25) is 0 Å². The zero-order chi connectivity index (χ0) is 18.1. The van der Waals surface area contributed by atoms with Gasteiger partial charge in [0.05, 0.1) is 32.0 Å². The SMILES string of the molecule is COc1ccc2c(c1)CC[C@H]1C2=NN(CCO)[C@H]1c1ccc(SC)cc1. The lowest BCUT2D eigenvalue weighted by Gasteiger charge is -2.30. The van der Waals surface area contributed by atoms with Crippen LogP contribution >= 0.6 is 11.8 Å². The lowest BCUT2D eigenvalue weighted by atomic mass is 9.77. The Kier molecular flexibility index (Phi) is 4.92. The molecule has 0 bridgehead atoms. The maximum atomic E-state index is 9.54. The monoisotopic (exact) mass is 368 g/mol. The lowest BCUT2D eigenvalue weighted by Crippen LogP contribution is -2.30. The van der Waals surface area contributed by atoms with Crippen LogP contribution in [0.25, 0.3) is 0 Å². The van der Waals surface area contributed by atoms with Crippen molar-refractivity contribution >= 4 is 17.5 Å². The summed E-state index contributed by atoms with van der Waals surface area (Å²) in [4.78, 5) is 1.27. The van der Waals surface area contributed by atoms with E-state index >= 15 is 0 Å². The summed E-state index contributed by atoms with van der Waals surface area (Å²) in [5.74, 6) is 1.26. The molecule has 1 aliphatic heterocycles. The number of fused-ring (bicyclic) bond motifs is 3. The number of hydrogen-bond acceptors (Lipinski definition) is 5. The molecule has 4 nitrogen and oxygen atoms in total. The van der Waals surface area contributed by atoms with Gasteiger partial charge in [0.2, 0.25) is 0 Å². The summed E-state index contributed by atoms with van der Waals surface area (Å²) in [6.45, 7) is 0.665. The van der Waals surface area contributed by atoms with Gasteiger partial charge >= 0.3 is 0 Å². The number of aliphatic hydroxyl groups is 1. The minimum Gasteiger partial charge on any atom is -0.497 e. The van der Waals surface area contributed by atoms with Crippen LogP contribution in [0.15, 0.2) is 52.5 Å². The first kappa shape index (κ1) is 17.4. The molecule has 2 aliphatic rings. The number of methoxy groups -OCH3 is 1. The summed E-state index contributed by atoms with van der Waals surface area (Å²) in [7, 11) is 1.71. The molecule has 2 atom stereocenters. The average Bonchev–Trinajstić information content (AvgIpc) is 3.06. The Balaban J connectivity index is 1.71. The number of hydrazone groups is 1. The van der Waals surface area contributed by atoms with Crippen LogP contribution in [0.1, 0.15) is 29.2 Å². The van der Waals surface area contributed by atoms with Crippen molar-refractivity contribution in [1.29, 1.82) is 0 Å². The first-order valence-corrected chi connectivity index (χ1v) is 10.2. The number of β-amino-alcohol motifs (C(OH)–C–C–N with tert-alkyl or cyclic N) is 1. The van der Waals surface area contributed by atoms with Crippen molar-refractivity contribution in [3.05, 3.63) is 59.2 Å². The predicted octanol–water partition coefficient (Wildman–Crippen LogP) is 3.73. The van der Waals surface area contributed by atoms with Crippen LogP contribution in [0.3, 0.4) is 0 Å². The van der Waals surface area contributed by atoms with Gasteiger partial charge in [-0.1, -0.05) is 12.1 Å². The van der Waals surface area contributed by atoms with E-state index in [1.807, 2.05) is 6.07 Å². The maximum absolute atomic E-state index is 9.54. The van der Waals surface area contributed by atoms with Crippen LogP contribution in [-0.2, 0) is 6.42 Å². The summed E-state index contributed by atoms with van der Waals surface area (Å²) in [5.41, 5.74) is 4.97. The van der Waals surface area contributed by atoms with Crippen LogP contribution in [0, 0.1) is 5.92 Å². The van der Waals surface area contributed by atoms with E-state index in [2.05, 4.69) is 47.7 Å². The molecule has 26 heavy (non-hydrogen) atoms. The highest BCUT2D eigenvalue weighted by Gasteiger charge is 2.41. The van der Waals surface area contributed by atoms with Gasteiger partial charge in [0.1, 0.15) is 5.75 Å². The third-order valence-electron chi connectivity index (χ3n) is 5.39. The smallest absolute Gasteiger partial charge is 0.119 e. The topological polar surface area (TPSA) is 45.1 Å². The largest absolute Gasteiger partial charge is 0.497 e. The molecule has 0 fully saturated rings. The highest BCUT2D eigenvalue weighted by Crippen LogP contribution is 2.43. The normalized spacial score (nSPS) is 21.2. The van der Waals surface area contributed by atoms with Crippen molar-refractivity contribution in [1.82, 2.24) is 5.01 Å². The van der Waals surface area contributed by atoms with Crippen LogP contribution in [0.5, 0.6) is 5.75 Å². The Bertz CT molecular complexity index is 819. The van der Waals surface area contributed by atoms with Crippen molar-refractivity contribution in [2.75, 3.05) is 26.5 Å². The molecular weight excluding hydrogens is 344 g/mol. The standard InChI is InChI=1S/C21H24N2O2S/c1-25-16-6-10-18-15(13-16)5-9-19-20(18)22-23(11-12-24)21(19)14-3-7-17(26-2)8-4-14/h3-4,6-8,10,13,19,21,24H,5,9,11-12H2,1-2H3/t19-,21-/m0/s1. The van der Waals surface area contributed by atoms with Gasteiger partial charge in [-0.2, -0.15) is 5.10 Å². The lowest BCUT2D eigenvalue weighted by molar-refractivity contribution is 0.152. The zero-order valence-corrected chi connectivity index (χ0v) is 16.0. The van der Waals surface area contributed by atoms with Gasteiger partial charge in [0.15, 0.2) is 0 Å². The number of ether oxygens (including phenoxy) is 1. The molecule has 136 valence electrons. The Hall–Kier alpha value is -1.98. The van der Waals surface area contributed by atoms with E-state index in [9.17, 15) is 5.11 Å². The molecule has 0 amide bonds. The first-order valence-electron chi connectivity index (χ1n) is 9.02. The van der Waals surface area contributed by atoms with Crippen LogP contribution < -0.4 is 4.74 Å². The van der Waals surface area contributed by atoms with Crippen molar-refractivity contribution in [3.8, 4) is 5.75 Å². The molecule has 4 rings (SSSR count). The zero-order valence-electron chi connectivity index (χ0n) is 15.2. The molecule has 0 aromatic heterocycles. The third kappa shape index (κ3) is 2.99. The number of aryl methyl sites for hydroxylation is 1. The first-order chi connectivity index (χ1) is 12.7. The van der Waals surface area contributed by atoms with Crippen molar-refractivity contribution in [2.24, 2.45) is 11.0 Å².